The van der Waals surface area contributed by atoms with E-state index in [1.807, 2.05) is 28.9 Å². The molecule has 128 valence electrons. The Morgan fingerprint density at radius 2 is 2.08 bits per heavy atom. The number of aryl methyl sites for hydroxylation is 1. The topological polar surface area (TPSA) is 72.9 Å². The Morgan fingerprint density at radius 3 is 2.92 bits per heavy atom. The lowest BCUT2D eigenvalue weighted by atomic mass is 9.99. The van der Waals surface area contributed by atoms with Crippen LogP contribution in [-0.2, 0) is 11.2 Å². The lowest BCUT2D eigenvalue weighted by Gasteiger charge is -2.26. The monoisotopic (exact) mass is 334 g/mol. The maximum absolute atomic E-state index is 12.8. The molecular formula is C20H22N4O. The van der Waals surface area contributed by atoms with Crippen molar-refractivity contribution >= 4 is 16.7 Å². The van der Waals surface area contributed by atoms with Gasteiger partial charge in [0, 0.05) is 18.4 Å². The number of amides is 1. The minimum absolute atomic E-state index is 0.00624. The third-order valence-electron chi connectivity index (χ3n) is 4.99. The molecule has 2 aromatic carbocycles. The highest BCUT2D eigenvalue weighted by molar-refractivity contribution is 5.84. The summed E-state index contributed by atoms with van der Waals surface area (Å²) in [6.45, 7) is 0.364. The zero-order valence-electron chi connectivity index (χ0n) is 14.1. The van der Waals surface area contributed by atoms with Crippen LogP contribution in [-0.4, -0.2) is 22.2 Å². The number of carbonyl (C=O) groups excluding carboxylic acids is 1. The zero-order valence-corrected chi connectivity index (χ0v) is 14.1. The average Bonchev–Trinajstić information content (AvgIpc) is 3.14. The van der Waals surface area contributed by atoms with E-state index in [1.54, 1.807) is 6.20 Å². The lowest BCUT2D eigenvalue weighted by Crippen LogP contribution is -2.40. The average molecular weight is 334 g/mol. The molecule has 2 unspecified atom stereocenters. The van der Waals surface area contributed by atoms with Gasteiger partial charge in [0.15, 0.2) is 0 Å². The van der Waals surface area contributed by atoms with Crippen LogP contribution in [0.2, 0.25) is 0 Å². The fourth-order valence-corrected chi connectivity index (χ4v) is 3.63. The summed E-state index contributed by atoms with van der Waals surface area (Å²) in [4.78, 5) is 12.8. The largest absolute Gasteiger partial charge is 0.346 e. The van der Waals surface area contributed by atoms with Crippen molar-refractivity contribution in [2.45, 2.75) is 31.3 Å². The van der Waals surface area contributed by atoms with Crippen LogP contribution in [0, 0.1) is 0 Å². The van der Waals surface area contributed by atoms with E-state index in [0.29, 0.717) is 6.54 Å². The summed E-state index contributed by atoms with van der Waals surface area (Å²) in [6, 6.07) is 16.0. The first-order chi connectivity index (χ1) is 12.3. The Bertz CT molecular complexity index is 901. The number of hydrogen-bond acceptors (Lipinski definition) is 3. The third kappa shape index (κ3) is 3.03. The fourth-order valence-electron chi connectivity index (χ4n) is 3.63. The molecule has 1 aliphatic heterocycles. The second kappa shape index (κ2) is 6.69. The van der Waals surface area contributed by atoms with Gasteiger partial charge in [-0.2, -0.15) is 5.10 Å². The van der Waals surface area contributed by atoms with Gasteiger partial charge in [0.05, 0.1) is 6.04 Å². The van der Waals surface area contributed by atoms with Crippen molar-refractivity contribution in [1.29, 1.82) is 0 Å². The van der Waals surface area contributed by atoms with Gasteiger partial charge < -0.3 is 11.1 Å². The number of nitrogens with one attached hydrogen (secondary N) is 1. The predicted octanol–water partition coefficient (Wildman–Crippen LogP) is 2.73. The van der Waals surface area contributed by atoms with Crippen molar-refractivity contribution in [2.75, 3.05) is 6.54 Å². The maximum atomic E-state index is 12.8. The predicted molar refractivity (Wildman–Crippen MR) is 98.1 cm³/mol. The molecule has 5 heteroatoms. The van der Waals surface area contributed by atoms with Gasteiger partial charge in [0.25, 0.3) is 0 Å². The van der Waals surface area contributed by atoms with E-state index in [4.69, 9.17) is 5.73 Å². The van der Waals surface area contributed by atoms with E-state index < -0.39 is 0 Å². The Labute approximate surface area is 146 Å². The number of hydrogen-bond donors (Lipinski definition) is 2. The normalized spacial score (nSPS) is 17.9. The number of aromatic nitrogens is 2. The molecule has 2 heterocycles. The number of nitrogens with zero attached hydrogens (tertiary/aromatic N) is 2. The summed E-state index contributed by atoms with van der Waals surface area (Å²) in [5, 5.41) is 9.79. The minimum atomic E-state index is -0.242. The smallest absolute Gasteiger partial charge is 0.245 e. The molecule has 25 heavy (non-hydrogen) atoms. The molecule has 1 amide bonds. The highest BCUT2D eigenvalue weighted by Crippen LogP contribution is 2.25. The van der Waals surface area contributed by atoms with Crippen LogP contribution < -0.4 is 11.1 Å². The van der Waals surface area contributed by atoms with E-state index in [2.05, 4.69) is 34.7 Å². The van der Waals surface area contributed by atoms with Crippen LogP contribution in [0.4, 0.5) is 0 Å². The summed E-state index contributed by atoms with van der Waals surface area (Å²) >= 11 is 0. The Kier molecular flexibility index (Phi) is 4.24. The molecule has 0 aliphatic carbocycles. The van der Waals surface area contributed by atoms with Crippen LogP contribution in [0.25, 0.3) is 10.8 Å². The first kappa shape index (κ1) is 15.8. The molecule has 5 nitrogen and oxygen atoms in total. The van der Waals surface area contributed by atoms with Crippen LogP contribution >= 0.6 is 0 Å². The molecular weight excluding hydrogens is 312 g/mol. The van der Waals surface area contributed by atoms with Gasteiger partial charge >= 0.3 is 0 Å². The second-order valence-corrected chi connectivity index (χ2v) is 6.58. The molecule has 0 radical (unpaired) electrons. The zero-order chi connectivity index (χ0) is 17.2. The molecule has 4 rings (SSSR count). The Balaban J connectivity index is 1.56. The second-order valence-electron chi connectivity index (χ2n) is 6.58. The van der Waals surface area contributed by atoms with Crippen molar-refractivity contribution in [3.8, 4) is 0 Å². The summed E-state index contributed by atoms with van der Waals surface area (Å²) < 4.78 is 1.85. The Hall–Kier alpha value is -2.66. The quantitative estimate of drug-likeness (QED) is 0.770. The van der Waals surface area contributed by atoms with Crippen LogP contribution in [0.1, 0.15) is 36.2 Å². The van der Waals surface area contributed by atoms with Gasteiger partial charge in [0.1, 0.15) is 6.04 Å². The van der Waals surface area contributed by atoms with E-state index in [-0.39, 0.29) is 18.0 Å². The molecule has 1 aromatic heterocycles. The first-order valence-corrected chi connectivity index (χ1v) is 8.78. The summed E-state index contributed by atoms with van der Waals surface area (Å²) in [6.07, 6.45) is 4.57. The van der Waals surface area contributed by atoms with Gasteiger partial charge in [-0.05, 0) is 47.7 Å². The SMILES string of the molecule is NCC(NC(=O)C1CCCc2ccnn21)c1ccc2ccccc2c1. The van der Waals surface area contributed by atoms with Gasteiger partial charge in [0.2, 0.25) is 5.91 Å². The van der Waals surface area contributed by atoms with Gasteiger partial charge in [-0.3, -0.25) is 9.48 Å². The van der Waals surface area contributed by atoms with Crippen LogP contribution in [0.3, 0.4) is 0 Å². The molecule has 0 bridgehead atoms. The summed E-state index contributed by atoms with van der Waals surface area (Å²) in [5.41, 5.74) is 8.12. The fraction of sp³-hybridized carbons (Fsp3) is 0.300. The molecule has 0 spiro atoms. The van der Waals surface area contributed by atoms with Crippen molar-refractivity contribution < 1.29 is 4.79 Å². The molecule has 0 fully saturated rings. The number of benzene rings is 2. The molecule has 1 aliphatic rings. The number of rotatable bonds is 4. The van der Waals surface area contributed by atoms with Crippen molar-refractivity contribution in [1.82, 2.24) is 15.1 Å². The van der Waals surface area contributed by atoms with Crippen LogP contribution in [0.15, 0.2) is 54.7 Å². The van der Waals surface area contributed by atoms with E-state index in [9.17, 15) is 4.79 Å². The van der Waals surface area contributed by atoms with Crippen molar-refractivity contribution in [2.24, 2.45) is 5.73 Å². The number of nitrogens with two attached hydrogens (primary N) is 1. The molecule has 3 aromatic rings. The summed E-state index contributed by atoms with van der Waals surface area (Å²) in [5.74, 6) is -0.00624. The van der Waals surface area contributed by atoms with E-state index in [1.165, 1.54) is 5.39 Å². The van der Waals surface area contributed by atoms with Crippen LogP contribution in [0.5, 0.6) is 0 Å². The van der Waals surface area contributed by atoms with Gasteiger partial charge in [-0.15, -0.1) is 0 Å². The molecule has 0 saturated heterocycles. The maximum Gasteiger partial charge on any atom is 0.245 e. The van der Waals surface area contributed by atoms with Crippen molar-refractivity contribution in [3.63, 3.8) is 0 Å². The molecule has 2 atom stereocenters. The van der Waals surface area contributed by atoms with E-state index in [0.717, 1.165) is 35.9 Å². The number of fused-ring (bicyclic) bond motifs is 2. The number of carbonyl (C=O) groups is 1. The standard InChI is InChI=1S/C20H22N4O/c21-13-18(16-9-8-14-4-1-2-5-15(14)12-16)23-20(25)19-7-3-6-17-10-11-22-24(17)19/h1-2,4-5,8-12,18-19H,3,6-7,13,21H2,(H,23,25). The lowest BCUT2D eigenvalue weighted by molar-refractivity contribution is -0.125. The first-order valence-electron chi connectivity index (χ1n) is 8.78. The molecule has 3 N–H and O–H groups in total. The minimum Gasteiger partial charge on any atom is -0.346 e. The molecule has 0 saturated carbocycles. The summed E-state index contributed by atoms with van der Waals surface area (Å²) in [7, 11) is 0. The van der Waals surface area contributed by atoms with Crippen molar-refractivity contribution in [3.05, 3.63) is 66.0 Å². The van der Waals surface area contributed by atoms with Gasteiger partial charge in [-0.1, -0.05) is 36.4 Å². The van der Waals surface area contributed by atoms with E-state index >= 15 is 0 Å². The third-order valence-corrected chi connectivity index (χ3v) is 4.99. The van der Waals surface area contributed by atoms with Gasteiger partial charge in [-0.25, -0.2) is 0 Å². The highest BCUT2D eigenvalue weighted by Gasteiger charge is 2.28. The Morgan fingerprint density at radius 1 is 1.24 bits per heavy atom. The highest BCUT2D eigenvalue weighted by atomic mass is 16.2.